The maximum absolute atomic E-state index is 13.2. The summed E-state index contributed by atoms with van der Waals surface area (Å²) < 4.78 is 26.1. The van der Waals surface area contributed by atoms with Gasteiger partial charge in [0, 0.05) is 12.7 Å². The molecule has 1 aromatic rings. The van der Waals surface area contributed by atoms with Gasteiger partial charge in [0.1, 0.15) is 0 Å². The zero-order valence-corrected chi connectivity index (χ0v) is 9.54. The summed E-state index contributed by atoms with van der Waals surface area (Å²) >= 11 is 0. The number of rotatable bonds is 4. The van der Waals surface area contributed by atoms with Gasteiger partial charge in [0.25, 0.3) is 5.91 Å². The fourth-order valence-electron chi connectivity index (χ4n) is 1.77. The van der Waals surface area contributed by atoms with Gasteiger partial charge in [-0.15, -0.1) is 0 Å². The molecule has 1 aliphatic rings. The summed E-state index contributed by atoms with van der Waals surface area (Å²) in [5, 5.41) is 2.61. The van der Waals surface area contributed by atoms with Gasteiger partial charge in [0.05, 0.1) is 5.56 Å². The summed E-state index contributed by atoms with van der Waals surface area (Å²) in [6, 6.07) is 1.18. The van der Waals surface area contributed by atoms with E-state index in [0.29, 0.717) is 18.4 Å². The molecule has 1 N–H and O–H groups in total. The van der Waals surface area contributed by atoms with Gasteiger partial charge in [0.2, 0.25) is 5.95 Å². The van der Waals surface area contributed by atoms with Crippen LogP contribution in [0.4, 0.5) is 8.78 Å². The highest BCUT2D eigenvalue weighted by molar-refractivity contribution is 5.94. The highest BCUT2D eigenvalue weighted by Crippen LogP contribution is 2.36. The van der Waals surface area contributed by atoms with Crippen LogP contribution in [0.1, 0.15) is 30.1 Å². The topological polar surface area (TPSA) is 42.0 Å². The maximum atomic E-state index is 13.2. The first-order valence-electron chi connectivity index (χ1n) is 5.67. The molecule has 0 aromatic carbocycles. The minimum atomic E-state index is -1.24. The lowest BCUT2D eigenvalue weighted by atomic mass is 10.1. The highest BCUT2D eigenvalue weighted by atomic mass is 19.2. The van der Waals surface area contributed by atoms with Crippen molar-refractivity contribution in [2.45, 2.75) is 19.8 Å². The molecule has 2 rings (SSSR count). The molecule has 0 spiro atoms. The van der Waals surface area contributed by atoms with E-state index in [1.165, 1.54) is 18.9 Å². The Balaban J connectivity index is 1.96. The Hall–Kier alpha value is -1.52. The Morgan fingerprint density at radius 3 is 2.94 bits per heavy atom. The molecule has 17 heavy (non-hydrogen) atoms. The normalized spacial score (nSPS) is 16.6. The lowest BCUT2D eigenvalue weighted by Crippen LogP contribution is -2.30. The van der Waals surface area contributed by atoms with E-state index in [0.717, 1.165) is 6.20 Å². The van der Waals surface area contributed by atoms with Gasteiger partial charge in [-0.25, -0.2) is 9.37 Å². The summed E-state index contributed by atoms with van der Waals surface area (Å²) in [5.41, 5.74) is -0.291. The predicted molar refractivity (Wildman–Crippen MR) is 58.4 cm³/mol. The van der Waals surface area contributed by atoms with Crippen molar-refractivity contribution >= 4 is 5.91 Å². The predicted octanol–water partition coefficient (Wildman–Crippen LogP) is 2.14. The molecule has 1 aliphatic carbocycles. The number of amides is 1. The molecule has 1 atom stereocenters. The van der Waals surface area contributed by atoms with E-state index < -0.39 is 17.7 Å². The second kappa shape index (κ2) is 4.77. The van der Waals surface area contributed by atoms with Crippen molar-refractivity contribution in [2.75, 3.05) is 6.54 Å². The number of nitrogens with zero attached hydrogens (tertiary/aromatic N) is 1. The lowest BCUT2D eigenvalue weighted by molar-refractivity contribution is 0.0941. The standard InChI is InChI=1S/C12H14F2N2O/c1-7(8-2-3-8)6-16-12(17)9-4-5-15-11(14)10(9)13/h4-5,7-8H,2-3,6H2,1H3,(H,16,17). The van der Waals surface area contributed by atoms with Gasteiger partial charge >= 0.3 is 0 Å². The van der Waals surface area contributed by atoms with Crippen LogP contribution in [-0.4, -0.2) is 17.4 Å². The van der Waals surface area contributed by atoms with Crippen molar-refractivity contribution in [1.82, 2.24) is 10.3 Å². The summed E-state index contributed by atoms with van der Waals surface area (Å²) in [4.78, 5) is 14.8. The molecule has 0 saturated heterocycles. The van der Waals surface area contributed by atoms with Crippen LogP contribution in [0.3, 0.4) is 0 Å². The number of aromatic nitrogens is 1. The van der Waals surface area contributed by atoms with Crippen LogP contribution in [0.25, 0.3) is 0 Å². The average Bonchev–Trinajstić information content (AvgIpc) is 3.13. The first kappa shape index (κ1) is 12.0. The molecule has 0 radical (unpaired) electrons. The second-order valence-electron chi connectivity index (χ2n) is 4.49. The molecule has 92 valence electrons. The lowest BCUT2D eigenvalue weighted by Gasteiger charge is -2.11. The Morgan fingerprint density at radius 2 is 2.29 bits per heavy atom. The van der Waals surface area contributed by atoms with Crippen molar-refractivity contribution in [2.24, 2.45) is 11.8 Å². The van der Waals surface area contributed by atoms with Gasteiger partial charge in [-0.3, -0.25) is 4.79 Å². The molecular weight excluding hydrogens is 226 g/mol. The molecule has 0 aliphatic heterocycles. The number of hydrogen-bond donors (Lipinski definition) is 1. The monoisotopic (exact) mass is 240 g/mol. The van der Waals surface area contributed by atoms with Gasteiger partial charge in [-0.05, 0) is 30.7 Å². The molecule has 1 aromatic heterocycles. The number of halogens is 2. The molecule has 3 nitrogen and oxygen atoms in total. The number of hydrogen-bond acceptors (Lipinski definition) is 2. The molecule has 1 unspecified atom stereocenters. The minimum Gasteiger partial charge on any atom is -0.352 e. The van der Waals surface area contributed by atoms with Crippen molar-refractivity contribution in [3.05, 3.63) is 29.6 Å². The molecule has 5 heteroatoms. The van der Waals surface area contributed by atoms with Crippen LogP contribution in [-0.2, 0) is 0 Å². The maximum Gasteiger partial charge on any atom is 0.254 e. The van der Waals surface area contributed by atoms with Crippen LogP contribution in [0.2, 0.25) is 0 Å². The second-order valence-corrected chi connectivity index (χ2v) is 4.49. The van der Waals surface area contributed by atoms with Crippen LogP contribution >= 0.6 is 0 Å². The van der Waals surface area contributed by atoms with E-state index in [2.05, 4.69) is 10.3 Å². The number of nitrogens with one attached hydrogen (secondary N) is 1. The first-order chi connectivity index (χ1) is 8.09. The smallest absolute Gasteiger partial charge is 0.254 e. The Morgan fingerprint density at radius 1 is 1.59 bits per heavy atom. The van der Waals surface area contributed by atoms with Gasteiger partial charge in [0.15, 0.2) is 5.82 Å². The molecular formula is C12H14F2N2O. The van der Waals surface area contributed by atoms with Crippen LogP contribution < -0.4 is 5.32 Å². The third-order valence-electron chi connectivity index (χ3n) is 3.10. The van der Waals surface area contributed by atoms with E-state index in [-0.39, 0.29) is 5.56 Å². The van der Waals surface area contributed by atoms with Crippen molar-refractivity contribution in [1.29, 1.82) is 0 Å². The van der Waals surface area contributed by atoms with Crippen molar-refractivity contribution < 1.29 is 13.6 Å². The summed E-state index contributed by atoms with van der Waals surface area (Å²) in [5.74, 6) is -1.98. The fourth-order valence-corrected chi connectivity index (χ4v) is 1.77. The van der Waals surface area contributed by atoms with Crippen molar-refractivity contribution in [3.8, 4) is 0 Å². The van der Waals surface area contributed by atoms with Crippen molar-refractivity contribution in [3.63, 3.8) is 0 Å². The largest absolute Gasteiger partial charge is 0.352 e. The zero-order chi connectivity index (χ0) is 12.4. The van der Waals surface area contributed by atoms with E-state index >= 15 is 0 Å². The Labute approximate surface area is 98.2 Å². The quantitative estimate of drug-likeness (QED) is 0.819. The summed E-state index contributed by atoms with van der Waals surface area (Å²) in [7, 11) is 0. The van der Waals surface area contributed by atoms with E-state index in [4.69, 9.17) is 0 Å². The molecule has 1 fully saturated rings. The molecule has 1 heterocycles. The van der Waals surface area contributed by atoms with E-state index in [9.17, 15) is 13.6 Å². The van der Waals surface area contributed by atoms with E-state index in [1.807, 2.05) is 6.92 Å². The molecule has 1 saturated carbocycles. The number of pyridine rings is 1. The minimum absolute atomic E-state index is 0.291. The summed E-state index contributed by atoms with van der Waals surface area (Å²) in [6.45, 7) is 2.54. The first-order valence-corrected chi connectivity index (χ1v) is 5.67. The van der Waals surface area contributed by atoms with Gasteiger partial charge in [-0.1, -0.05) is 6.92 Å². The Bertz CT molecular complexity index is 433. The fraction of sp³-hybridized carbons (Fsp3) is 0.500. The van der Waals surface area contributed by atoms with Gasteiger partial charge in [-0.2, -0.15) is 4.39 Å². The summed E-state index contributed by atoms with van der Waals surface area (Å²) in [6.07, 6.45) is 3.46. The highest BCUT2D eigenvalue weighted by Gasteiger charge is 2.28. The SMILES string of the molecule is CC(CNC(=O)c1ccnc(F)c1F)C1CC1. The number of carbonyl (C=O) groups excluding carboxylic acids is 1. The molecule has 1 amide bonds. The zero-order valence-electron chi connectivity index (χ0n) is 9.54. The number of carbonyl (C=O) groups is 1. The Kier molecular flexibility index (Phi) is 3.36. The van der Waals surface area contributed by atoms with Crippen LogP contribution in [0.15, 0.2) is 12.3 Å². The van der Waals surface area contributed by atoms with Crippen LogP contribution in [0.5, 0.6) is 0 Å². The third kappa shape index (κ3) is 2.78. The van der Waals surface area contributed by atoms with Crippen LogP contribution in [0, 0.1) is 23.6 Å². The van der Waals surface area contributed by atoms with E-state index in [1.54, 1.807) is 0 Å². The average molecular weight is 240 g/mol. The molecule has 0 bridgehead atoms. The third-order valence-corrected chi connectivity index (χ3v) is 3.10. The van der Waals surface area contributed by atoms with Gasteiger partial charge < -0.3 is 5.32 Å².